The van der Waals surface area contributed by atoms with E-state index >= 15 is 0 Å². The van der Waals surface area contributed by atoms with Crippen LogP contribution in [0.2, 0.25) is 5.02 Å². The third-order valence-corrected chi connectivity index (χ3v) is 3.42. The summed E-state index contributed by atoms with van der Waals surface area (Å²) in [5, 5.41) is 2.87. The molecule has 2 aromatic rings. The summed E-state index contributed by atoms with van der Waals surface area (Å²) in [7, 11) is 0. The van der Waals surface area contributed by atoms with E-state index in [1.807, 2.05) is 24.3 Å². The molecule has 0 nitrogen and oxygen atoms in total. The van der Waals surface area contributed by atoms with Crippen LogP contribution in [-0.2, 0) is 0 Å². The average molecular weight is 261 g/mol. The Labute approximate surface area is 111 Å². The van der Waals surface area contributed by atoms with Crippen LogP contribution in [0.5, 0.6) is 0 Å². The van der Waals surface area contributed by atoms with Gasteiger partial charge in [0.2, 0.25) is 0 Å². The zero-order valence-corrected chi connectivity index (χ0v) is 11.1. The number of rotatable bonds is 3. The van der Waals surface area contributed by atoms with Crippen molar-refractivity contribution in [2.24, 2.45) is 0 Å². The SMILES string of the molecule is Cc1ccc(/C=C/Sc2ccc(Cl)cc2)cc1. The fraction of sp³-hybridized carbons (Fsp3) is 0.0667. The Morgan fingerprint density at radius 2 is 1.59 bits per heavy atom. The zero-order chi connectivity index (χ0) is 12.1. The van der Waals surface area contributed by atoms with Crippen LogP contribution < -0.4 is 0 Å². The van der Waals surface area contributed by atoms with Crippen molar-refractivity contribution in [1.82, 2.24) is 0 Å². The van der Waals surface area contributed by atoms with Crippen molar-refractivity contribution in [2.45, 2.75) is 11.8 Å². The molecule has 0 unspecified atom stereocenters. The van der Waals surface area contributed by atoms with Gasteiger partial charge in [0.1, 0.15) is 0 Å². The third kappa shape index (κ3) is 3.95. The highest BCUT2D eigenvalue weighted by atomic mass is 35.5. The first-order valence-corrected chi connectivity index (χ1v) is 6.65. The number of halogens is 1. The average Bonchev–Trinajstić information content (AvgIpc) is 2.34. The molecular formula is C15H13ClS. The highest BCUT2D eigenvalue weighted by molar-refractivity contribution is 8.02. The second-order valence-corrected chi connectivity index (χ2v) is 5.20. The highest BCUT2D eigenvalue weighted by Gasteiger charge is 1.91. The van der Waals surface area contributed by atoms with E-state index in [0.29, 0.717) is 0 Å². The number of hydrogen-bond donors (Lipinski definition) is 0. The minimum atomic E-state index is 0.775. The summed E-state index contributed by atoms with van der Waals surface area (Å²) < 4.78 is 0. The largest absolute Gasteiger partial charge is 0.0981 e. The molecule has 0 atom stereocenters. The van der Waals surface area contributed by atoms with Gasteiger partial charge in [0, 0.05) is 9.92 Å². The van der Waals surface area contributed by atoms with Crippen molar-refractivity contribution in [2.75, 3.05) is 0 Å². The Morgan fingerprint density at radius 1 is 0.941 bits per heavy atom. The number of aryl methyl sites for hydroxylation is 1. The fourth-order valence-electron chi connectivity index (χ4n) is 1.38. The van der Waals surface area contributed by atoms with Gasteiger partial charge < -0.3 is 0 Å². The van der Waals surface area contributed by atoms with E-state index in [2.05, 4.69) is 42.7 Å². The van der Waals surface area contributed by atoms with Crippen LogP contribution in [0, 0.1) is 6.92 Å². The molecule has 0 radical (unpaired) electrons. The number of benzene rings is 2. The first-order valence-electron chi connectivity index (χ1n) is 5.39. The lowest BCUT2D eigenvalue weighted by Gasteiger charge is -1.97. The van der Waals surface area contributed by atoms with E-state index in [0.717, 1.165) is 5.02 Å². The number of thioether (sulfide) groups is 1. The minimum Gasteiger partial charge on any atom is -0.0981 e. The summed E-state index contributed by atoms with van der Waals surface area (Å²) in [5.74, 6) is 0. The van der Waals surface area contributed by atoms with Crippen LogP contribution in [0.15, 0.2) is 58.8 Å². The highest BCUT2D eigenvalue weighted by Crippen LogP contribution is 2.22. The van der Waals surface area contributed by atoms with Crippen LogP contribution in [0.25, 0.3) is 6.08 Å². The first-order chi connectivity index (χ1) is 8.24. The molecule has 0 aliphatic heterocycles. The molecule has 0 spiro atoms. The molecule has 0 fully saturated rings. The molecule has 0 saturated heterocycles. The van der Waals surface area contributed by atoms with Crippen LogP contribution in [0.1, 0.15) is 11.1 Å². The summed E-state index contributed by atoms with van der Waals surface area (Å²) >= 11 is 7.52. The molecule has 0 saturated carbocycles. The lowest BCUT2D eigenvalue weighted by Crippen LogP contribution is -1.72. The Kier molecular flexibility index (Phi) is 4.29. The lowest BCUT2D eigenvalue weighted by atomic mass is 10.2. The van der Waals surface area contributed by atoms with E-state index in [9.17, 15) is 0 Å². The molecule has 0 heterocycles. The minimum absolute atomic E-state index is 0.775. The van der Waals surface area contributed by atoms with Gasteiger partial charge in [-0.05, 0) is 48.2 Å². The van der Waals surface area contributed by atoms with E-state index in [1.54, 1.807) is 11.8 Å². The van der Waals surface area contributed by atoms with Gasteiger partial charge in [-0.15, -0.1) is 0 Å². The standard InChI is InChI=1S/C15H13ClS/c1-12-2-4-13(5-3-12)10-11-17-15-8-6-14(16)7-9-15/h2-11H,1H3/b11-10+. The second kappa shape index (κ2) is 5.95. The lowest BCUT2D eigenvalue weighted by molar-refractivity contribution is 1.46. The maximum absolute atomic E-state index is 5.83. The molecule has 86 valence electrons. The van der Waals surface area contributed by atoms with E-state index in [-0.39, 0.29) is 0 Å². The summed E-state index contributed by atoms with van der Waals surface area (Å²) in [6.07, 6.45) is 2.11. The van der Waals surface area contributed by atoms with E-state index < -0.39 is 0 Å². The Morgan fingerprint density at radius 3 is 2.24 bits per heavy atom. The monoisotopic (exact) mass is 260 g/mol. The van der Waals surface area contributed by atoms with Crippen molar-refractivity contribution in [3.05, 3.63) is 70.1 Å². The van der Waals surface area contributed by atoms with Crippen LogP contribution in [0.3, 0.4) is 0 Å². The predicted octanol–water partition coefficient (Wildman–Crippen LogP) is 5.41. The van der Waals surface area contributed by atoms with Gasteiger partial charge in [0.05, 0.1) is 0 Å². The summed E-state index contributed by atoms with van der Waals surface area (Å²) in [6, 6.07) is 16.3. The van der Waals surface area contributed by atoms with Crippen molar-refractivity contribution in [3.8, 4) is 0 Å². The normalized spacial score (nSPS) is 10.9. The summed E-state index contributed by atoms with van der Waals surface area (Å²) in [6.45, 7) is 2.09. The summed E-state index contributed by atoms with van der Waals surface area (Å²) in [5.41, 5.74) is 2.50. The fourth-order valence-corrected chi connectivity index (χ4v) is 2.18. The molecule has 0 amide bonds. The predicted molar refractivity (Wildman–Crippen MR) is 77.5 cm³/mol. The van der Waals surface area contributed by atoms with Crippen LogP contribution in [-0.4, -0.2) is 0 Å². The topological polar surface area (TPSA) is 0 Å². The zero-order valence-electron chi connectivity index (χ0n) is 9.56. The molecule has 0 aliphatic rings. The van der Waals surface area contributed by atoms with E-state index in [4.69, 9.17) is 11.6 Å². The number of hydrogen-bond acceptors (Lipinski definition) is 1. The van der Waals surface area contributed by atoms with Gasteiger partial charge >= 0.3 is 0 Å². The van der Waals surface area contributed by atoms with Gasteiger partial charge in [-0.2, -0.15) is 0 Å². The van der Waals surface area contributed by atoms with Crippen molar-refractivity contribution < 1.29 is 0 Å². The molecule has 2 rings (SSSR count). The maximum atomic E-state index is 5.83. The van der Waals surface area contributed by atoms with Crippen LogP contribution in [0.4, 0.5) is 0 Å². The molecule has 2 aromatic carbocycles. The molecule has 0 aliphatic carbocycles. The van der Waals surface area contributed by atoms with Gasteiger partial charge in [0.15, 0.2) is 0 Å². The molecule has 0 aromatic heterocycles. The molecule has 0 bridgehead atoms. The smallest absolute Gasteiger partial charge is 0.0406 e. The van der Waals surface area contributed by atoms with Gasteiger partial charge in [-0.1, -0.05) is 53.2 Å². The van der Waals surface area contributed by atoms with Crippen molar-refractivity contribution >= 4 is 29.4 Å². The van der Waals surface area contributed by atoms with Crippen LogP contribution >= 0.6 is 23.4 Å². The maximum Gasteiger partial charge on any atom is 0.0406 e. The Bertz CT molecular complexity index is 497. The third-order valence-electron chi connectivity index (χ3n) is 2.36. The van der Waals surface area contributed by atoms with Gasteiger partial charge in [0.25, 0.3) is 0 Å². The second-order valence-electron chi connectivity index (χ2n) is 3.79. The Hall–Kier alpha value is -1.18. The van der Waals surface area contributed by atoms with Gasteiger partial charge in [-0.3, -0.25) is 0 Å². The van der Waals surface area contributed by atoms with E-state index in [1.165, 1.54) is 16.0 Å². The quantitative estimate of drug-likeness (QED) is 0.665. The molecule has 17 heavy (non-hydrogen) atoms. The first kappa shape index (κ1) is 12.3. The van der Waals surface area contributed by atoms with Crippen molar-refractivity contribution in [1.29, 1.82) is 0 Å². The molecular weight excluding hydrogens is 248 g/mol. The summed E-state index contributed by atoms with van der Waals surface area (Å²) in [4.78, 5) is 1.19. The molecule has 0 N–H and O–H groups in total. The Balaban J connectivity index is 1.97. The van der Waals surface area contributed by atoms with Gasteiger partial charge in [-0.25, -0.2) is 0 Å². The van der Waals surface area contributed by atoms with Crippen molar-refractivity contribution in [3.63, 3.8) is 0 Å². The molecule has 2 heteroatoms.